The standard InChI is InChI=1S/C25H33F3NO3Si/c1-23(2,3)19(15-31-33(6)7)16-10-11-29(22(30)12-16)20-14-24(4,5)32-21-9-8-17(13-18(20)21)25(26,27)28/h8-13,19-20H,14-15H2,1-7H3. The third-order valence-electron chi connectivity index (χ3n) is 6.06. The van der Waals surface area contributed by atoms with Gasteiger partial charge < -0.3 is 13.7 Å². The number of hydrogen-bond donors (Lipinski definition) is 0. The minimum atomic E-state index is -4.47. The van der Waals surface area contributed by atoms with Crippen molar-refractivity contribution in [2.45, 2.75) is 77.9 Å². The van der Waals surface area contributed by atoms with Gasteiger partial charge in [0.15, 0.2) is 0 Å². The number of alkyl halides is 3. The lowest BCUT2D eigenvalue weighted by atomic mass is 9.77. The van der Waals surface area contributed by atoms with Crippen molar-refractivity contribution in [1.29, 1.82) is 0 Å². The number of aromatic nitrogens is 1. The summed E-state index contributed by atoms with van der Waals surface area (Å²) in [6, 6.07) is 6.42. The van der Waals surface area contributed by atoms with Crippen LogP contribution in [-0.4, -0.2) is 25.8 Å². The summed E-state index contributed by atoms with van der Waals surface area (Å²) in [6.07, 6.45) is -2.39. The number of nitrogens with zero attached hydrogens (tertiary/aromatic N) is 1. The van der Waals surface area contributed by atoms with Crippen LogP contribution in [0.25, 0.3) is 0 Å². The average Bonchev–Trinajstić information content (AvgIpc) is 2.64. The molecule has 0 saturated carbocycles. The lowest BCUT2D eigenvalue weighted by Gasteiger charge is -2.39. The van der Waals surface area contributed by atoms with Crippen LogP contribution in [0.1, 0.15) is 69.7 Å². The number of pyridine rings is 1. The highest BCUT2D eigenvalue weighted by molar-refractivity contribution is 6.48. The van der Waals surface area contributed by atoms with Crippen molar-refractivity contribution in [3.8, 4) is 5.75 Å². The van der Waals surface area contributed by atoms with Crippen LogP contribution in [-0.2, 0) is 10.6 Å². The zero-order valence-electron chi connectivity index (χ0n) is 20.3. The first-order valence-corrected chi connectivity index (χ1v) is 13.5. The fraction of sp³-hybridized carbons (Fsp3) is 0.560. The van der Waals surface area contributed by atoms with E-state index in [1.165, 1.54) is 10.6 Å². The van der Waals surface area contributed by atoms with E-state index in [0.29, 0.717) is 24.3 Å². The second kappa shape index (κ2) is 8.95. The molecule has 181 valence electrons. The summed E-state index contributed by atoms with van der Waals surface area (Å²) in [7, 11) is -0.882. The normalized spacial score (nSPS) is 19.2. The van der Waals surface area contributed by atoms with E-state index in [-0.39, 0.29) is 16.9 Å². The predicted octanol–water partition coefficient (Wildman–Crippen LogP) is 6.42. The summed E-state index contributed by atoms with van der Waals surface area (Å²) in [5.74, 6) is 0.400. The van der Waals surface area contributed by atoms with Crippen LogP contribution >= 0.6 is 0 Å². The molecule has 2 atom stereocenters. The highest BCUT2D eigenvalue weighted by Gasteiger charge is 2.38. The molecule has 1 aliphatic rings. The van der Waals surface area contributed by atoms with Gasteiger partial charge in [-0.05, 0) is 62.2 Å². The third-order valence-corrected chi connectivity index (χ3v) is 6.81. The molecule has 0 amide bonds. The molecule has 1 aromatic carbocycles. The number of benzene rings is 1. The molecule has 4 nitrogen and oxygen atoms in total. The summed E-state index contributed by atoms with van der Waals surface area (Å²) < 4.78 is 53.6. The van der Waals surface area contributed by atoms with Crippen LogP contribution in [0.2, 0.25) is 13.1 Å². The first-order valence-electron chi connectivity index (χ1n) is 11.1. The molecule has 2 heterocycles. The lowest BCUT2D eigenvalue weighted by Crippen LogP contribution is -2.39. The molecule has 2 unspecified atom stereocenters. The minimum absolute atomic E-state index is 0.0231. The first kappa shape index (κ1) is 25.6. The second-order valence-electron chi connectivity index (χ2n) is 10.7. The Morgan fingerprint density at radius 1 is 1.18 bits per heavy atom. The Balaban J connectivity index is 2.06. The Morgan fingerprint density at radius 2 is 1.85 bits per heavy atom. The Kier molecular flexibility index (Phi) is 6.93. The van der Waals surface area contributed by atoms with E-state index >= 15 is 0 Å². The van der Waals surface area contributed by atoms with Gasteiger partial charge in [-0.3, -0.25) is 4.79 Å². The quantitative estimate of drug-likeness (QED) is 0.464. The Morgan fingerprint density at radius 3 is 2.39 bits per heavy atom. The van der Waals surface area contributed by atoms with Gasteiger partial charge in [0, 0.05) is 36.8 Å². The van der Waals surface area contributed by atoms with Crippen molar-refractivity contribution < 1.29 is 22.3 Å². The summed E-state index contributed by atoms with van der Waals surface area (Å²) >= 11 is 0. The maximum atomic E-state index is 13.4. The maximum Gasteiger partial charge on any atom is 0.416 e. The van der Waals surface area contributed by atoms with Gasteiger partial charge in [0.2, 0.25) is 9.04 Å². The van der Waals surface area contributed by atoms with Gasteiger partial charge >= 0.3 is 6.18 Å². The second-order valence-corrected chi connectivity index (χ2v) is 12.8. The van der Waals surface area contributed by atoms with Gasteiger partial charge in [-0.15, -0.1) is 0 Å². The van der Waals surface area contributed by atoms with Gasteiger partial charge in [-0.1, -0.05) is 20.8 Å². The predicted molar refractivity (Wildman–Crippen MR) is 125 cm³/mol. The van der Waals surface area contributed by atoms with E-state index in [1.54, 1.807) is 12.3 Å². The number of fused-ring (bicyclic) bond motifs is 1. The molecular weight excluding hydrogens is 447 g/mol. The molecule has 0 bridgehead atoms. The van der Waals surface area contributed by atoms with E-state index in [9.17, 15) is 18.0 Å². The van der Waals surface area contributed by atoms with Crippen LogP contribution in [0.4, 0.5) is 13.2 Å². The average molecular weight is 481 g/mol. The minimum Gasteiger partial charge on any atom is -0.487 e. The molecule has 3 rings (SSSR count). The zero-order chi connectivity index (χ0) is 24.8. The summed E-state index contributed by atoms with van der Waals surface area (Å²) in [4.78, 5) is 13.3. The van der Waals surface area contributed by atoms with E-state index < -0.39 is 32.4 Å². The van der Waals surface area contributed by atoms with Crippen LogP contribution in [0.5, 0.6) is 5.75 Å². The fourth-order valence-electron chi connectivity index (χ4n) is 4.32. The van der Waals surface area contributed by atoms with E-state index in [2.05, 4.69) is 33.9 Å². The van der Waals surface area contributed by atoms with Gasteiger partial charge in [-0.25, -0.2) is 0 Å². The molecule has 0 spiro atoms. The lowest BCUT2D eigenvalue weighted by molar-refractivity contribution is -0.137. The van der Waals surface area contributed by atoms with Gasteiger partial charge in [0.05, 0.1) is 11.6 Å². The van der Waals surface area contributed by atoms with Crippen molar-refractivity contribution in [3.05, 3.63) is 63.6 Å². The fourth-order valence-corrected chi connectivity index (χ4v) is 4.82. The van der Waals surface area contributed by atoms with Gasteiger partial charge in [0.25, 0.3) is 5.56 Å². The van der Waals surface area contributed by atoms with Crippen molar-refractivity contribution >= 4 is 9.04 Å². The van der Waals surface area contributed by atoms with Crippen molar-refractivity contribution in [1.82, 2.24) is 4.57 Å². The van der Waals surface area contributed by atoms with Crippen LogP contribution in [0, 0.1) is 5.41 Å². The molecule has 1 aliphatic heterocycles. The van der Waals surface area contributed by atoms with E-state index in [1.807, 2.05) is 19.9 Å². The van der Waals surface area contributed by atoms with Crippen molar-refractivity contribution in [3.63, 3.8) is 0 Å². The third kappa shape index (κ3) is 5.90. The molecule has 1 radical (unpaired) electrons. The van der Waals surface area contributed by atoms with Gasteiger partial charge in [0.1, 0.15) is 11.4 Å². The molecule has 8 heteroatoms. The van der Waals surface area contributed by atoms with Crippen LogP contribution in [0.3, 0.4) is 0 Å². The molecular formula is C25H33F3NO3Si. The largest absolute Gasteiger partial charge is 0.487 e. The van der Waals surface area contributed by atoms with Crippen molar-refractivity contribution in [2.75, 3.05) is 6.61 Å². The van der Waals surface area contributed by atoms with E-state index in [0.717, 1.165) is 17.7 Å². The molecule has 2 aromatic rings. The first-order chi connectivity index (χ1) is 15.1. The van der Waals surface area contributed by atoms with E-state index in [4.69, 9.17) is 9.16 Å². The summed E-state index contributed by atoms with van der Waals surface area (Å²) in [5.41, 5.74) is -0.489. The molecule has 0 aliphatic carbocycles. The molecule has 1 aromatic heterocycles. The maximum absolute atomic E-state index is 13.4. The SMILES string of the molecule is C[Si](C)OCC(c1ccn(C2CC(C)(C)Oc3ccc(C(F)(F)F)cc32)c(=O)c1)C(C)(C)C. The van der Waals surface area contributed by atoms with Gasteiger partial charge in [-0.2, -0.15) is 13.2 Å². The topological polar surface area (TPSA) is 40.5 Å². The highest BCUT2D eigenvalue weighted by atomic mass is 28.3. The highest BCUT2D eigenvalue weighted by Crippen LogP contribution is 2.44. The Labute approximate surface area is 195 Å². The monoisotopic (exact) mass is 480 g/mol. The molecule has 0 saturated heterocycles. The Hall–Kier alpha value is -2.06. The van der Waals surface area contributed by atoms with Crippen LogP contribution < -0.4 is 10.3 Å². The van der Waals surface area contributed by atoms with Crippen LogP contribution in [0.15, 0.2) is 41.3 Å². The number of halogens is 3. The molecule has 0 N–H and O–H groups in total. The Bertz CT molecular complexity index is 1050. The summed E-state index contributed by atoms with van der Waals surface area (Å²) in [6.45, 7) is 14.8. The molecule has 0 fully saturated rings. The number of rotatable bonds is 5. The zero-order valence-corrected chi connectivity index (χ0v) is 21.3. The number of ether oxygens (including phenoxy) is 1. The summed E-state index contributed by atoms with van der Waals surface area (Å²) in [5, 5.41) is 0. The van der Waals surface area contributed by atoms with Crippen molar-refractivity contribution in [2.24, 2.45) is 5.41 Å². The molecule has 33 heavy (non-hydrogen) atoms. The number of hydrogen-bond acceptors (Lipinski definition) is 3. The smallest absolute Gasteiger partial charge is 0.416 e.